The molecule has 0 atom stereocenters. The lowest BCUT2D eigenvalue weighted by molar-refractivity contribution is 0.0952. The van der Waals surface area contributed by atoms with Crippen LogP contribution < -0.4 is 5.32 Å². The van der Waals surface area contributed by atoms with Crippen molar-refractivity contribution in [2.45, 2.75) is 25.7 Å². The van der Waals surface area contributed by atoms with Crippen molar-refractivity contribution in [2.24, 2.45) is 0 Å². The Hall–Kier alpha value is -1.22. The standard InChI is InChI=1S/C13H18ClNO2/c14-8-3-1-2-4-9-15-13(17)11-6-5-7-12(16)10-11/h5-7,10,16H,1-4,8-9H2,(H,15,17). The number of hydrogen-bond donors (Lipinski definition) is 2. The van der Waals surface area contributed by atoms with Crippen molar-refractivity contribution < 1.29 is 9.90 Å². The van der Waals surface area contributed by atoms with E-state index in [0.29, 0.717) is 18.0 Å². The third-order valence-corrected chi connectivity index (χ3v) is 2.72. The van der Waals surface area contributed by atoms with Crippen LogP contribution in [0.3, 0.4) is 0 Å². The lowest BCUT2D eigenvalue weighted by Gasteiger charge is -2.05. The van der Waals surface area contributed by atoms with Gasteiger partial charge in [-0.3, -0.25) is 4.79 Å². The predicted octanol–water partition coefficient (Wildman–Crippen LogP) is 2.92. The molecule has 0 spiro atoms. The monoisotopic (exact) mass is 255 g/mol. The molecule has 0 saturated heterocycles. The summed E-state index contributed by atoms with van der Waals surface area (Å²) in [7, 11) is 0. The van der Waals surface area contributed by atoms with Gasteiger partial charge in [0.15, 0.2) is 0 Å². The van der Waals surface area contributed by atoms with E-state index in [2.05, 4.69) is 5.32 Å². The zero-order chi connectivity index (χ0) is 12.5. The van der Waals surface area contributed by atoms with E-state index >= 15 is 0 Å². The van der Waals surface area contributed by atoms with Crippen molar-refractivity contribution in [3.8, 4) is 5.75 Å². The first-order valence-electron chi connectivity index (χ1n) is 5.87. The van der Waals surface area contributed by atoms with Crippen LogP contribution in [0.1, 0.15) is 36.0 Å². The topological polar surface area (TPSA) is 49.3 Å². The second-order valence-electron chi connectivity index (χ2n) is 3.91. The summed E-state index contributed by atoms with van der Waals surface area (Å²) in [5, 5.41) is 12.1. The highest BCUT2D eigenvalue weighted by Gasteiger charge is 2.04. The first-order chi connectivity index (χ1) is 8.24. The SMILES string of the molecule is O=C(NCCCCCCCl)c1cccc(O)c1. The highest BCUT2D eigenvalue weighted by Crippen LogP contribution is 2.10. The molecule has 0 aliphatic heterocycles. The number of halogens is 1. The summed E-state index contributed by atoms with van der Waals surface area (Å²) in [5.41, 5.74) is 0.491. The molecule has 1 aromatic carbocycles. The Morgan fingerprint density at radius 1 is 1.24 bits per heavy atom. The summed E-state index contributed by atoms with van der Waals surface area (Å²) in [4.78, 5) is 11.6. The maximum atomic E-state index is 11.6. The van der Waals surface area contributed by atoms with Gasteiger partial charge in [0.2, 0.25) is 0 Å². The molecule has 0 unspecified atom stereocenters. The van der Waals surface area contributed by atoms with Gasteiger partial charge in [-0.05, 0) is 31.0 Å². The van der Waals surface area contributed by atoms with Gasteiger partial charge in [-0.1, -0.05) is 18.9 Å². The van der Waals surface area contributed by atoms with Crippen LogP contribution >= 0.6 is 11.6 Å². The fourth-order valence-electron chi connectivity index (χ4n) is 1.52. The lowest BCUT2D eigenvalue weighted by Crippen LogP contribution is -2.24. The van der Waals surface area contributed by atoms with Crippen LogP contribution in [-0.2, 0) is 0 Å². The number of carbonyl (C=O) groups is 1. The van der Waals surface area contributed by atoms with Gasteiger partial charge in [0.05, 0.1) is 0 Å². The molecule has 4 heteroatoms. The second kappa shape index (κ2) is 7.96. The van der Waals surface area contributed by atoms with Crippen LogP contribution in [0.5, 0.6) is 5.75 Å². The molecule has 0 aliphatic carbocycles. The number of nitrogens with one attached hydrogen (secondary N) is 1. The number of unbranched alkanes of at least 4 members (excludes halogenated alkanes) is 3. The number of benzene rings is 1. The first-order valence-corrected chi connectivity index (χ1v) is 6.40. The summed E-state index contributed by atoms with van der Waals surface area (Å²) >= 11 is 5.57. The minimum atomic E-state index is -0.141. The van der Waals surface area contributed by atoms with Crippen molar-refractivity contribution in [1.29, 1.82) is 0 Å². The van der Waals surface area contributed by atoms with E-state index < -0.39 is 0 Å². The number of phenols is 1. The van der Waals surface area contributed by atoms with Gasteiger partial charge < -0.3 is 10.4 Å². The lowest BCUT2D eigenvalue weighted by atomic mass is 10.2. The van der Waals surface area contributed by atoms with Crippen molar-refractivity contribution >= 4 is 17.5 Å². The van der Waals surface area contributed by atoms with E-state index in [4.69, 9.17) is 11.6 Å². The minimum absolute atomic E-state index is 0.111. The van der Waals surface area contributed by atoms with E-state index in [1.165, 1.54) is 6.07 Å². The van der Waals surface area contributed by atoms with Gasteiger partial charge in [0.25, 0.3) is 5.91 Å². The number of alkyl halides is 1. The summed E-state index contributed by atoms with van der Waals surface area (Å²) in [5.74, 6) is 0.674. The van der Waals surface area contributed by atoms with Gasteiger partial charge in [0.1, 0.15) is 5.75 Å². The smallest absolute Gasteiger partial charge is 0.251 e. The Morgan fingerprint density at radius 2 is 2.00 bits per heavy atom. The first kappa shape index (κ1) is 13.8. The van der Waals surface area contributed by atoms with E-state index in [9.17, 15) is 9.90 Å². The molecule has 3 nitrogen and oxygen atoms in total. The number of phenolic OH excluding ortho intramolecular Hbond substituents is 1. The Labute approximate surface area is 107 Å². The van der Waals surface area contributed by atoms with Crippen LogP contribution in [0.25, 0.3) is 0 Å². The zero-order valence-corrected chi connectivity index (χ0v) is 10.5. The van der Waals surface area contributed by atoms with Crippen LogP contribution in [0, 0.1) is 0 Å². The number of hydrogen-bond acceptors (Lipinski definition) is 2. The van der Waals surface area contributed by atoms with E-state index in [-0.39, 0.29) is 11.7 Å². The molecular formula is C13H18ClNO2. The average Bonchev–Trinajstić information content (AvgIpc) is 2.33. The third-order valence-electron chi connectivity index (χ3n) is 2.45. The molecule has 94 valence electrons. The van der Waals surface area contributed by atoms with Crippen LogP contribution in [0.15, 0.2) is 24.3 Å². The fourth-order valence-corrected chi connectivity index (χ4v) is 1.71. The number of amides is 1. The zero-order valence-electron chi connectivity index (χ0n) is 9.79. The molecule has 17 heavy (non-hydrogen) atoms. The molecule has 0 saturated carbocycles. The molecule has 0 bridgehead atoms. The van der Waals surface area contributed by atoms with E-state index in [1.54, 1.807) is 18.2 Å². The Morgan fingerprint density at radius 3 is 2.71 bits per heavy atom. The molecule has 1 amide bonds. The quantitative estimate of drug-likeness (QED) is 0.581. The van der Waals surface area contributed by atoms with Crippen molar-refractivity contribution in [1.82, 2.24) is 5.32 Å². The summed E-state index contributed by atoms with van der Waals surface area (Å²) in [6.07, 6.45) is 4.17. The highest BCUT2D eigenvalue weighted by molar-refractivity contribution is 6.17. The maximum absolute atomic E-state index is 11.6. The number of rotatable bonds is 7. The van der Waals surface area contributed by atoms with E-state index in [0.717, 1.165) is 25.7 Å². The van der Waals surface area contributed by atoms with Crippen LogP contribution in [0.4, 0.5) is 0 Å². The van der Waals surface area contributed by atoms with E-state index in [1.807, 2.05) is 0 Å². The van der Waals surface area contributed by atoms with Crippen molar-refractivity contribution in [2.75, 3.05) is 12.4 Å². The molecule has 0 radical (unpaired) electrons. The minimum Gasteiger partial charge on any atom is -0.508 e. The van der Waals surface area contributed by atoms with Gasteiger partial charge >= 0.3 is 0 Å². The van der Waals surface area contributed by atoms with Crippen molar-refractivity contribution in [3.05, 3.63) is 29.8 Å². The third kappa shape index (κ3) is 5.59. The summed E-state index contributed by atoms with van der Waals surface area (Å²) < 4.78 is 0. The van der Waals surface area contributed by atoms with Gasteiger partial charge in [0, 0.05) is 18.0 Å². The molecule has 0 aromatic heterocycles. The molecule has 0 aliphatic rings. The predicted molar refractivity (Wildman–Crippen MR) is 69.6 cm³/mol. The Bertz CT molecular complexity index is 355. The normalized spacial score (nSPS) is 10.2. The molecule has 0 fully saturated rings. The van der Waals surface area contributed by atoms with Gasteiger partial charge in [-0.25, -0.2) is 0 Å². The Kier molecular flexibility index (Phi) is 6.48. The van der Waals surface area contributed by atoms with Crippen LogP contribution in [-0.4, -0.2) is 23.4 Å². The van der Waals surface area contributed by atoms with Crippen molar-refractivity contribution in [3.63, 3.8) is 0 Å². The maximum Gasteiger partial charge on any atom is 0.251 e. The molecule has 1 aromatic rings. The van der Waals surface area contributed by atoms with Gasteiger partial charge in [-0.2, -0.15) is 0 Å². The van der Waals surface area contributed by atoms with Gasteiger partial charge in [-0.15, -0.1) is 11.6 Å². The molecule has 1 rings (SSSR count). The average molecular weight is 256 g/mol. The number of aromatic hydroxyl groups is 1. The molecule has 0 heterocycles. The Balaban J connectivity index is 2.21. The molecule has 2 N–H and O–H groups in total. The highest BCUT2D eigenvalue weighted by atomic mass is 35.5. The summed E-state index contributed by atoms with van der Waals surface area (Å²) in [6, 6.07) is 6.35. The number of carbonyl (C=O) groups excluding carboxylic acids is 1. The second-order valence-corrected chi connectivity index (χ2v) is 4.29. The largest absolute Gasteiger partial charge is 0.508 e. The summed E-state index contributed by atoms with van der Waals surface area (Å²) in [6.45, 7) is 0.663. The fraction of sp³-hybridized carbons (Fsp3) is 0.462. The molecular weight excluding hydrogens is 238 g/mol. The van der Waals surface area contributed by atoms with Crippen LogP contribution in [0.2, 0.25) is 0 Å².